The Morgan fingerprint density at radius 3 is 2.44 bits per heavy atom. The van der Waals surface area contributed by atoms with Crippen molar-refractivity contribution in [1.29, 1.82) is 0 Å². The van der Waals surface area contributed by atoms with Crippen LogP contribution in [0.5, 0.6) is 0 Å². The highest BCUT2D eigenvalue weighted by Gasteiger charge is 2.32. The monoisotopic (exact) mass is 483 g/mol. The standard InChI is InChI=1S/C24H22FN3O5S/c25-17-7-9-18(10-8-17)34(31,32)22(21-6-3-13-33-21)15-28-24(30)23(29)26-12-11-16-14-27-20-5-2-1-4-19(16)20/h1-10,13-14,22,27H,11-12,15H2,(H,26,29)(H,28,30). The fourth-order valence-corrected chi connectivity index (χ4v) is 5.21. The minimum Gasteiger partial charge on any atom is -0.468 e. The molecule has 4 aromatic rings. The summed E-state index contributed by atoms with van der Waals surface area (Å²) in [5.74, 6) is -2.34. The smallest absolute Gasteiger partial charge is 0.309 e. The summed E-state index contributed by atoms with van der Waals surface area (Å²) in [6.45, 7) is -0.175. The zero-order valence-corrected chi connectivity index (χ0v) is 18.8. The van der Waals surface area contributed by atoms with Crippen LogP contribution in [0.15, 0.2) is 82.4 Å². The highest BCUT2D eigenvalue weighted by Crippen LogP contribution is 2.29. The number of para-hydroxylation sites is 1. The number of nitrogens with one attached hydrogen (secondary N) is 3. The highest BCUT2D eigenvalue weighted by molar-refractivity contribution is 7.91. The molecule has 0 saturated carbocycles. The largest absolute Gasteiger partial charge is 0.468 e. The molecule has 0 spiro atoms. The van der Waals surface area contributed by atoms with Crippen LogP contribution in [-0.2, 0) is 25.8 Å². The summed E-state index contributed by atoms with van der Waals surface area (Å²) in [4.78, 5) is 27.6. The van der Waals surface area contributed by atoms with Crippen LogP contribution in [0.3, 0.4) is 0 Å². The predicted octanol–water partition coefficient (Wildman–Crippen LogP) is 2.89. The van der Waals surface area contributed by atoms with E-state index < -0.39 is 39.3 Å². The second-order valence-electron chi connectivity index (χ2n) is 7.58. The van der Waals surface area contributed by atoms with Crippen molar-refractivity contribution >= 4 is 32.6 Å². The molecule has 0 saturated heterocycles. The van der Waals surface area contributed by atoms with E-state index in [1.54, 1.807) is 0 Å². The van der Waals surface area contributed by atoms with Crippen molar-refractivity contribution in [3.05, 3.63) is 90.3 Å². The second-order valence-corrected chi connectivity index (χ2v) is 9.71. The minimum atomic E-state index is -4.04. The first-order chi connectivity index (χ1) is 16.4. The van der Waals surface area contributed by atoms with Gasteiger partial charge in [-0.3, -0.25) is 9.59 Å². The van der Waals surface area contributed by atoms with Crippen LogP contribution < -0.4 is 10.6 Å². The van der Waals surface area contributed by atoms with Crippen molar-refractivity contribution < 1.29 is 26.8 Å². The number of aromatic amines is 1. The Labute approximate surface area is 195 Å². The molecule has 2 heterocycles. The Balaban J connectivity index is 1.37. The summed E-state index contributed by atoms with van der Waals surface area (Å²) in [6.07, 6.45) is 3.67. The lowest BCUT2D eigenvalue weighted by Crippen LogP contribution is -2.42. The van der Waals surface area contributed by atoms with Gasteiger partial charge in [0.25, 0.3) is 0 Å². The number of benzene rings is 2. The Morgan fingerprint density at radius 1 is 0.971 bits per heavy atom. The molecule has 2 amide bonds. The summed E-state index contributed by atoms with van der Waals surface area (Å²) in [6, 6.07) is 15.1. The molecule has 1 unspecified atom stereocenters. The molecular formula is C24H22FN3O5S. The summed E-state index contributed by atoms with van der Waals surface area (Å²) in [5.41, 5.74) is 1.98. The first-order valence-corrected chi connectivity index (χ1v) is 12.0. The van der Waals surface area contributed by atoms with Gasteiger partial charge in [0, 0.05) is 30.2 Å². The van der Waals surface area contributed by atoms with Crippen LogP contribution in [0.1, 0.15) is 16.6 Å². The van der Waals surface area contributed by atoms with Gasteiger partial charge in [0.1, 0.15) is 16.8 Å². The molecule has 8 nitrogen and oxygen atoms in total. The van der Waals surface area contributed by atoms with Gasteiger partial charge >= 0.3 is 11.8 Å². The van der Waals surface area contributed by atoms with Crippen molar-refractivity contribution in [1.82, 2.24) is 15.6 Å². The number of carbonyl (C=O) groups excluding carboxylic acids is 2. The van der Waals surface area contributed by atoms with E-state index in [9.17, 15) is 22.4 Å². The number of H-pyrrole nitrogens is 1. The number of hydrogen-bond donors (Lipinski definition) is 3. The summed E-state index contributed by atoms with van der Waals surface area (Å²) in [7, 11) is -4.04. The van der Waals surface area contributed by atoms with E-state index in [4.69, 9.17) is 4.42 Å². The first kappa shape index (κ1) is 23.2. The van der Waals surface area contributed by atoms with E-state index in [2.05, 4.69) is 15.6 Å². The molecule has 1 atom stereocenters. The molecule has 0 fully saturated rings. The van der Waals surface area contributed by atoms with Crippen LogP contribution in [-0.4, -0.2) is 38.3 Å². The average molecular weight is 484 g/mol. The maximum atomic E-state index is 13.2. The number of hydrogen-bond acceptors (Lipinski definition) is 5. The topological polar surface area (TPSA) is 121 Å². The van der Waals surface area contributed by atoms with Gasteiger partial charge in [0.05, 0.1) is 11.2 Å². The molecular weight excluding hydrogens is 461 g/mol. The van der Waals surface area contributed by atoms with Gasteiger partial charge in [-0.1, -0.05) is 18.2 Å². The van der Waals surface area contributed by atoms with E-state index in [0.29, 0.717) is 6.42 Å². The van der Waals surface area contributed by atoms with Gasteiger partial charge in [0.15, 0.2) is 9.84 Å². The lowest BCUT2D eigenvalue weighted by Gasteiger charge is -2.16. The molecule has 4 rings (SSSR count). The third kappa shape index (κ3) is 5.01. The summed E-state index contributed by atoms with van der Waals surface area (Å²) in [5, 5.41) is 4.64. The minimum absolute atomic E-state index is 0.0874. The van der Waals surface area contributed by atoms with E-state index in [0.717, 1.165) is 40.7 Å². The average Bonchev–Trinajstić information content (AvgIpc) is 3.50. The van der Waals surface area contributed by atoms with Crippen molar-refractivity contribution in [2.45, 2.75) is 16.6 Å². The Bertz CT molecular complexity index is 1400. The van der Waals surface area contributed by atoms with Crippen molar-refractivity contribution in [3.63, 3.8) is 0 Å². The number of carbonyl (C=O) groups is 2. The molecule has 2 aromatic heterocycles. The first-order valence-electron chi connectivity index (χ1n) is 10.5. The molecule has 0 aliphatic carbocycles. The molecule has 176 valence electrons. The Hall–Kier alpha value is -3.92. The van der Waals surface area contributed by atoms with Crippen molar-refractivity contribution in [3.8, 4) is 0 Å². The number of halogens is 1. The molecule has 3 N–H and O–H groups in total. The second kappa shape index (κ2) is 9.92. The quantitative estimate of drug-likeness (QED) is 0.263. The molecule has 0 bridgehead atoms. The number of amides is 2. The highest BCUT2D eigenvalue weighted by atomic mass is 32.2. The lowest BCUT2D eigenvalue weighted by molar-refractivity contribution is -0.139. The number of rotatable bonds is 8. The van der Waals surface area contributed by atoms with E-state index in [-0.39, 0.29) is 17.2 Å². The zero-order chi connectivity index (χ0) is 24.1. The van der Waals surface area contributed by atoms with Gasteiger partial charge < -0.3 is 20.0 Å². The van der Waals surface area contributed by atoms with Crippen LogP contribution in [0, 0.1) is 5.82 Å². The fraction of sp³-hybridized carbons (Fsp3) is 0.167. The molecule has 0 aliphatic heterocycles. The maximum absolute atomic E-state index is 13.2. The van der Waals surface area contributed by atoms with Crippen LogP contribution in [0.4, 0.5) is 4.39 Å². The number of furan rings is 1. The molecule has 10 heteroatoms. The molecule has 2 aromatic carbocycles. The fourth-order valence-electron chi connectivity index (χ4n) is 3.62. The normalized spacial score (nSPS) is 12.4. The molecule has 0 radical (unpaired) electrons. The van der Waals surface area contributed by atoms with E-state index >= 15 is 0 Å². The third-order valence-electron chi connectivity index (χ3n) is 5.39. The van der Waals surface area contributed by atoms with Crippen LogP contribution >= 0.6 is 0 Å². The van der Waals surface area contributed by atoms with E-state index in [1.807, 2.05) is 30.5 Å². The lowest BCUT2D eigenvalue weighted by atomic mass is 10.1. The SMILES string of the molecule is O=C(NCCc1c[nH]c2ccccc12)C(=O)NCC(c1ccco1)S(=O)(=O)c1ccc(F)cc1. The van der Waals surface area contributed by atoms with Gasteiger partial charge in [-0.2, -0.15) is 0 Å². The van der Waals surface area contributed by atoms with Crippen molar-refractivity contribution in [2.24, 2.45) is 0 Å². The predicted molar refractivity (Wildman–Crippen MR) is 123 cm³/mol. The Kier molecular flexibility index (Phi) is 6.78. The third-order valence-corrected chi connectivity index (χ3v) is 7.46. The van der Waals surface area contributed by atoms with Crippen molar-refractivity contribution in [2.75, 3.05) is 13.1 Å². The van der Waals surface area contributed by atoms with E-state index in [1.165, 1.54) is 18.4 Å². The number of sulfone groups is 1. The zero-order valence-electron chi connectivity index (χ0n) is 18.0. The summed E-state index contributed by atoms with van der Waals surface area (Å²) < 4.78 is 44.7. The number of aromatic nitrogens is 1. The van der Waals surface area contributed by atoms with Gasteiger partial charge in [0.2, 0.25) is 0 Å². The van der Waals surface area contributed by atoms with Crippen LogP contribution in [0.25, 0.3) is 10.9 Å². The van der Waals surface area contributed by atoms with Gasteiger partial charge in [-0.25, -0.2) is 12.8 Å². The molecule has 34 heavy (non-hydrogen) atoms. The number of fused-ring (bicyclic) bond motifs is 1. The van der Waals surface area contributed by atoms with Gasteiger partial charge in [-0.15, -0.1) is 0 Å². The molecule has 0 aliphatic rings. The maximum Gasteiger partial charge on any atom is 0.309 e. The van der Waals surface area contributed by atoms with Gasteiger partial charge in [-0.05, 0) is 54.4 Å². The van der Waals surface area contributed by atoms with Crippen LogP contribution in [0.2, 0.25) is 0 Å². The summed E-state index contributed by atoms with van der Waals surface area (Å²) >= 11 is 0. The Morgan fingerprint density at radius 2 is 1.71 bits per heavy atom.